The van der Waals surface area contributed by atoms with Crippen LogP contribution in [0.2, 0.25) is 0 Å². The summed E-state index contributed by atoms with van der Waals surface area (Å²) in [5, 5.41) is 7.02. The van der Waals surface area contributed by atoms with Gasteiger partial charge < -0.3 is 0 Å². The Morgan fingerprint density at radius 2 is 1.92 bits per heavy atom. The number of aromatic amines is 1. The summed E-state index contributed by atoms with van der Waals surface area (Å²) in [7, 11) is -2.95. The number of thiophene rings is 1. The van der Waals surface area contributed by atoms with Gasteiger partial charge in [0.05, 0.1) is 22.1 Å². The summed E-state index contributed by atoms with van der Waals surface area (Å²) in [5.41, 5.74) is 1.03. The van der Waals surface area contributed by atoms with Crippen molar-refractivity contribution in [3.05, 3.63) is 29.3 Å². The van der Waals surface area contributed by atoms with Gasteiger partial charge in [0.15, 0.2) is 9.84 Å². The van der Waals surface area contributed by atoms with E-state index in [2.05, 4.69) is 46.0 Å². The molecule has 0 aliphatic carbocycles. The summed E-state index contributed by atoms with van der Waals surface area (Å²) in [5.74, 6) is 1.16. The van der Waals surface area contributed by atoms with Crippen LogP contribution in [0.5, 0.6) is 0 Å². The van der Waals surface area contributed by atoms with Crippen LogP contribution in [-0.2, 0) is 16.4 Å². The van der Waals surface area contributed by atoms with Crippen LogP contribution >= 0.6 is 11.3 Å². The van der Waals surface area contributed by atoms with Crippen molar-refractivity contribution in [2.45, 2.75) is 32.5 Å². The van der Waals surface area contributed by atoms with Crippen molar-refractivity contribution in [1.82, 2.24) is 20.0 Å². The van der Waals surface area contributed by atoms with Crippen molar-refractivity contribution in [2.75, 3.05) is 31.1 Å². The van der Waals surface area contributed by atoms with Crippen molar-refractivity contribution >= 4 is 21.2 Å². The van der Waals surface area contributed by atoms with Gasteiger partial charge in [0.25, 0.3) is 0 Å². The number of fused-ring (bicyclic) bond motifs is 1. The molecular formula is C18H26N4O2S2. The number of H-pyrrole nitrogens is 1. The van der Waals surface area contributed by atoms with Gasteiger partial charge in [-0.15, -0.1) is 11.3 Å². The Morgan fingerprint density at radius 1 is 1.19 bits per heavy atom. The summed E-state index contributed by atoms with van der Waals surface area (Å²) in [6, 6.07) is 6.50. The van der Waals surface area contributed by atoms with Crippen LogP contribution in [0, 0.1) is 5.92 Å². The average molecular weight is 395 g/mol. The summed E-state index contributed by atoms with van der Waals surface area (Å²) >= 11 is 1.75. The molecule has 2 aromatic rings. The second-order valence-electron chi connectivity index (χ2n) is 7.81. The van der Waals surface area contributed by atoms with Crippen LogP contribution in [0.25, 0.3) is 10.6 Å². The molecule has 2 aliphatic heterocycles. The number of nitrogens with zero attached hydrogens (tertiary/aromatic N) is 3. The Hall–Kier alpha value is -1.22. The molecule has 142 valence electrons. The van der Waals surface area contributed by atoms with Gasteiger partial charge in [0.2, 0.25) is 0 Å². The zero-order chi connectivity index (χ0) is 18.3. The van der Waals surface area contributed by atoms with Crippen LogP contribution in [0.15, 0.2) is 24.4 Å². The lowest BCUT2D eigenvalue weighted by Crippen LogP contribution is -2.59. The minimum Gasteiger partial charge on any atom is -0.296 e. The molecule has 0 amide bonds. The third-order valence-electron chi connectivity index (χ3n) is 5.29. The molecule has 2 atom stereocenters. The van der Waals surface area contributed by atoms with Crippen LogP contribution in [-0.4, -0.2) is 71.6 Å². The standard InChI is InChI=1S/C18H26N4O2S2/c1-13(2)9-21-7-8-22(17-12-26(23,24)11-16(17)21)10-14-3-4-18(25-14)15-5-6-19-20-15/h3-6,13,16-17H,7-12H2,1-2H3,(H,19,20)/t16-,17+/m0/s1. The first-order valence-electron chi connectivity index (χ1n) is 9.18. The number of rotatable bonds is 5. The molecule has 26 heavy (non-hydrogen) atoms. The second-order valence-corrected chi connectivity index (χ2v) is 11.1. The number of hydrogen-bond acceptors (Lipinski definition) is 6. The lowest BCUT2D eigenvalue weighted by molar-refractivity contribution is 0.0343. The molecule has 0 aromatic carbocycles. The zero-order valence-electron chi connectivity index (χ0n) is 15.3. The lowest BCUT2D eigenvalue weighted by atomic mass is 10.0. The van der Waals surface area contributed by atoms with Crippen molar-refractivity contribution in [3.8, 4) is 10.6 Å². The molecule has 2 aromatic heterocycles. The predicted octanol–water partition coefficient (Wildman–Crippen LogP) is 2.08. The molecule has 6 nitrogen and oxygen atoms in total. The summed E-state index contributed by atoms with van der Waals surface area (Å²) < 4.78 is 24.6. The Morgan fingerprint density at radius 3 is 2.62 bits per heavy atom. The first-order valence-corrected chi connectivity index (χ1v) is 11.8. The fraction of sp³-hybridized carbons (Fsp3) is 0.611. The van der Waals surface area contributed by atoms with E-state index in [1.165, 1.54) is 9.75 Å². The molecule has 0 radical (unpaired) electrons. The van der Waals surface area contributed by atoms with E-state index in [9.17, 15) is 8.42 Å². The van der Waals surface area contributed by atoms with Gasteiger partial charge in [-0.05, 0) is 24.1 Å². The number of sulfone groups is 1. The largest absolute Gasteiger partial charge is 0.296 e. The lowest BCUT2D eigenvalue weighted by Gasteiger charge is -2.44. The van der Waals surface area contributed by atoms with Crippen LogP contribution in [0.4, 0.5) is 0 Å². The zero-order valence-corrected chi connectivity index (χ0v) is 16.9. The molecule has 2 fully saturated rings. The monoisotopic (exact) mass is 394 g/mol. The molecule has 1 N–H and O–H groups in total. The predicted molar refractivity (Wildman–Crippen MR) is 105 cm³/mol. The highest BCUT2D eigenvalue weighted by Crippen LogP contribution is 2.32. The highest BCUT2D eigenvalue weighted by atomic mass is 32.2. The third kappa shape index (κ3) is 3.74. The van der Waals surface area contributed by atoms with Crippen molar-refractivity contribution in [2.24, 2.45) is 5.92 Å². The summed E-state index contributed by atoms with van der Waals surface area (Å²) in [6.07, 6.45) is 1.76. The summed E-state index contributed by atoms with van der Waals surface area (Å²) in [4.78, 5) is 7.23. The minimum absolute atomic E-state index is 0.116. The average Bonchev–Trinajstić information content (AvgIpc) is 3.27. The molecule has 0 unspecified atom stereocenters. The molecule has 4 rings (SSSR count). The molecule has 0 saturated carbocycles. The van der Waals surface area contributed by atoms with Crippen molar-refractivity contribution in [1.29, 1.82) is 0 Å². The van der Waals surface area contributed by atoms with Gasteiger partial charge in [0.1, 0.15) is 0 Å². The third-order valence-corrected chi connectivity index (χ3v) is 8.09. The van der Waals surface area contributed by atoms with E-state index in [4.69, 9.17) is 0 Å². The molecule has 2 aliphatic rings. The number of nitrogens with one attached hydrogen (secondary N) is 1. The molecule has 0 bridgehead atoms. The van der Waals surface area contributed by atoms with E-state index in [1.807, 2.05) is 6.07 Å². The number of aromatic nitrogens is 2. The Labute approximate surface area is 159 Å². The van der Waals surface area contributed by atoms with E-state index in [-0.39, 0.29) is 12.1 Å². The van der Waals surface area contributed by atoms with Gasteiger partial charge in [-0.2, -0.15) is 5.10 Å². The fourth-order valence-corrected chi connectivity index (χ4v) is 7.24. The van der Waals surface area contributed by atoms with E-state index >= 15 is 0 Å². The Balaban J connectivity index is 1.50. The van der Waals surface area contributed by atoms with E-state index < -0.39 is 9.84 Å². The maximum Gasteiger partial charge on any atom is 0.153 e. The van der Waals surface area contributed by atoms with Gasteiger partial charge in [0, 0.05) is 49.3 Å². The Bertz CT molecular complexity index is 844. The molecule has 4 heterocycles. The van der Waals surface area contributed by atoms with Gasteiger partial charge in [-0.25, -0.2) is 8.42 Å². The van der Waals surface area contributed by atoms with E-state index in [1.54, 1.807) is 17.5 Å². The summed E-state index contributed by atoms with van der Waals surface area (Å²) in [6.45, 7) is 8.09. The maximum absolute atomic E-state index is 12.3. The maximum atomic E-state index is 12.3. The van der Waals surface area contributed by atoms with Gasteiger partial charge in [-0.3, -0.25) is 14.9 Å². The molecular weight excluding hydrogens is 368 g/mol. The SMILES string of the molecule is CC(C)CN1CCN(Cc2ccc(-c3ccn[nH]3)s2)[C@@H]2CS(=O)(=O)C[C@@H]21. The minimum atomic E-state index is -2.95. The Kier molecular flexibility index (Phi) is 4.94. The number of hydrogen-bond donors (Lipinski definition) is 1. The van der Waals surface area contributed by atoms with E-state index in [0.717, 1.165) is 31.9 Å². The smallest absolute Gasteiger partial charge is 0.153 e. The van der Waals surface area contributed by atoms with Gasteiger partial charge in [-0.1, -0.05) is 13.8 Å². The highest BCUT2D eigenvalue weighted by molar-refractivity contribution is 7.91. The van der Waals surface area contributed by atoms with Gasteiger partial charge >= 0.3 is 0 Å². The van der Waals surface area contributed by atoms with Crippen molar-refractivity contribution < 1.29 is 8.42 Å². The molecule has 0 spiro atoms. The number of piperazine rings is 1. The van der Waals surface area contributed by atoms with E-state index in [0.29, 0.717) is 17.4 Å². The van der Waals surface area contributed by atoms with Crippen LogP contribution in [0.1, 0.15) is 18.7 Å². The first-order chi connectivity index (χ1) is 12.4. The van der Waals surface area contributed by atoms with Crippen molar-refractivity contribution in [3.63, 3.8) is 0 Å². The second kappa shape index (κ2) is 7.07. The normalized spacial score (nSPS) is 26.4. The first kappa shape index (κ1) is 18.2. The fourth-order valence-electron chi connectivity index (χ4n) is 4.19. The quantitative estimate of drug-likeness (QED) is 0.841. The molecule has 8 heteroatoms. The van der Waals surface area contributed by atoms with Crippen LogP contribution < -0.4 is 0 Å². The highest BCUT2D eigenvalue weighted by Gasteiger charge is 2.46. The molecule has 2 saturated heterocycles. The van der Waals surface area contributed by atoms with Crippen LogP contribution in [0.3, 0.4) is 0 Å². The topological polar surface area (TPSA) is 69.3 Å².